The molecule has 0 radical (unpaired) electrons. The fourth-order valence-electron chi connectivity index (χ4n) is 2.70. The fourth-order valence-corrected chi connectivity index (χ4v) is 2.70. The van der Waals surface area contributed by atoms with Crippen LogP contribution in [0.25, 0.3) is 11.1 Å². The van der Waals surface area contributed by atoms with Gasteiger partial charge in [0, 0.05) is 6.42 Å². The molecular formula is C21H26O3. The van der Waals surface area contributed by atoms with E-state index in [4.69, 9.17) is 9.84 Å². The zero-order valence-electron chi connectivity index (χ0n) is 14.5. The number of carboxylic acid groups (broad SMARTS) is 1. The van der Waals surface area contributed by atoms with Gasteiger partial charge in [0.2, 0.25) is 0 Å². The van der Waals surface area contributed by atoms with Gasteiger partial charge < -0.3 is 9.84 Å². The van der Waals surface area contributed by atoms with Gasteiger partial charge in [0.05, 0.1) is 6.61 Å². The van der Waals surface area contributed by atoms with Gasteiger partial charge in [-0.1, -0.05) is 56.7 Å². The molecular weight excluding hydrogens is 300 g/mol. The molecule has 0 aliphatic carbocycles. The molecule has 24 heavy (non-hydrogen) atoms. The second-order valence-corrected chi connectivity index (χ2v) is 6.15. The Hall–Kier alpha value is -2.29. The number of rotatable bonds is 9. The first kappa shape index (κ1) is 18.1. The number of unbranched alkanes of at least 4 members (excludes halogenated alkanes) is 1. The van der Waals surface area contributed by atoms with Crippen LogP contribution >= 0.6 is 0 Å². The summed E-state index contributed by atoms with van der Waals surface area (Å²) < 4.78 is 5.95. The number of aliphatic carboxylic acids is 1. The summed E-state index contributed by atoms with van der Waals surface area (Å²) in [6, 6.07) is 16.4. The summed E-state index contributed by atoms with van der Waals surface area (Å²) in [5.41, 5.74) is 3.38. The summed E-state index contributed by atoms with van der Waals surface area (Å²) in [6.45, 7) is 4.90. The highest BCUT2D eigenvalue weighted by Gasteiger charge is 2.15. The van der Waals surface area contributed by atoms with Crippen LogP contribution in [-0.2, 0) is 4.79 Å². The third-order valence-corrected chi connectivity index (χ3v) is 4.19. The Balaban J connectivity index is 2.28. The van der Waals surface area contributed by atoms with E-state index in [1.807, 2.05) is 24.3 Å². The first-order chi connectivity index (χ1) is 11.6. The van der Waals surface area contributed by atoms with Crippen LogP contribution in [0.5, 0.6) is 5.75 Å². The van der Waals surface area contributed by atoms with E-state index in [1.165, 1.54) is 0 Å². The summed E-state index contributed by atoms with van der Waals surface area (Å²) >= 11 is 0. The maximum Gasteiger partial charge on any atom is 0.303 e. The van der Waals surface area contributed by atoms with E-state index in [1.54, 1.807) is 0 Å². The maximum absolute atomic E-state index is 10.9. The van der Waals surface area contributed by atoms with Crippen LogP contribution in [0.15, 0.2) is 48.5 Å². The summed E-state index contributed by atoms with van der Waals surface area (Å²) in [5, 5.41) is 8.95. The van der Waals surface area contributed by atoms with Crippen molar-refractivity contribution in [1.82, 2.24) is 0 Å². The first-order valence-corrected chi connectivity index (χ1v) is 8.65. The molecule has 2 aromatic rings. The summed E-state index contributed by atoms with van der Waals surface area (Å²) in [5.74, 6) is 0.261. The number of carbonyl (C=O) groups is 1. The van der Waals surface area contributed by atoms with Crippen LogP contribution in [0.3, 0.4) is 0 Å². The lowest BCUT2D eigenvalue weighted by molar-refractivity contribution is -0.137. The first-order valence-electron chi connectivity index (χ1n) is 8.65. The summed E-state index contributed by atoms with van der Waals surface area (Å²) in [6.07, 6.45) is 2.89. The van der Waals surface area contributed by atoms with E-state index >= 15 is 0 Å². The molecule has 0 amide bonds. The van der Waals surface area contributed by atoms with Crippen LogP contribution in [0.1, 0.15) is 51.0 Å². The average molecular weight is 326 g/mol. The molecule has 0 fully saturated rings. The third kappa shape index (κ3) is 5.12. The number of hydrogen-bond acceptors (Lipinski definition) is 2. The molecule has 3 heteroatoms. The summed E-state index contributed by atoms with van der Waals surface area (Å²) in [4.78, 5) is 10.9. The molecule has 128 valence electrons. The zero-order chi connectivity index (χ0) is 17.4. The Labute approximate surface area is 144 Å². The molecule has 0 saturated heterocycles. The van der Waals surface area contributed by atoms with E-state index < -0.39 is 5.97 Å². The lowest BCUT2D eigenvalue weighted by Crippen LogP contribution is -2.05. The smallest absolute Gasteiger partial charge is 0.303 e. The minimum absolute atomic E-state index is 0.140. The van der Waals surface area contributed by atoms with Gasteiger partial charge in [0.1, 0.15) is 5.75 Å². The van der Waals surface area contributed by atoms with E-state index in [2.05, 4.69) is 38.1 Å². The van der Waals surface area contributed by atoms with E-state index in [-0.39, 0.29) is 12.3 Å². The minimum atomic E-state index is -0.755. The lowest BCUT2D eigenvalue weighted by atomic mass is 9.92. The van der Waals surface area contributed by atoms with Gasteiger partial charge in [-0.05, 0) is 47.6 Å². The van der Waals surface area contributed by atoms with Gasteiger partial charge in [-0.15, -0.1) is 0 Å². The van der Waals surface area contributed by atoms with Gasteiger partial charge in [-0.25, -0.2) is 0 Å². The van der Waals surface area contributed by atoms with E-state index in [0.29, 0.717) is 13.0 Å². The van der Waals surface area contributed by atoms with Gasteiger partial charge in [0.25, 0.3) is 0 Å². The van der Waals surface area contributed by atoms with Gasteiger partial charge in [0.15, 0.2) is 0 Å². The highest BCUT2D eigenvalue weighted by atomic mass is 16.5. The van der Waals surface area contributed by atoms with Gasteiger partial charge in [-0.3, -0.25) is 4.79 Å². The normalized spacial score (nSPS) is 11.9. The molecule has 1 N–H and O–H groups in total. The monoisotopic (exact) mass is 326 g/mol. The SMILES string of the molecule is CCCCOc1ccc(-c2ccccc2)cc1C(C)CCC(=O)O. The molecule has 0 bridgehead atoms. The average Bonchev–Trinajstić information content (AvgIpc) is 2.61. The molecule has 0 aromatic heterocycles. The van der Waals surface area contributed by atoms with Crippen molar-refractivity contribution in [1.29, 1.82) is 0 Å². The van der Waals surface area contributed by atoms with E-state index in [9.17, 15) is 4.79 Å². The molecule has 0 aliphatic heterocycles. The second-order valence-electron chi connectivity index (χ2n) is 6.15. The minimum Gasteiger partial charge on any atom is -0.493 e. The van der Waals surface area contributed by atoms with Gasteiger partial charge >= 0.3 is 5.97 Å². The van der Waals surface area contributed by atoms with Crippen molar-refractivity contribution < 1.29 is 14.6 Å². The number of carboxylic acids is 1. The van der Waals surface area contributed by atoms with Crippen molar-refractivity contribution in [3.8, 4) is 16.9 Å². The third-order valence-electron chi connectivity index (χ3n) is 4.19. The molecule has 0 saturated carbocycles. The largest absolute Gasteiger partial charge is 0.493 e. The number of hydrogen-bond donors (Lipinski definition) is 1. The predicted molar refractivity (Wildman–Crippen MR) is 97.6 cm³/mol. The molecule has 0 heterocycles. The van der Waals surface area contributed by atoms with Crippen LogP contribution in [0, 0.1) is 0 Å². The van der Waals surface area contributed by atoms with Crippen LogP contribution < -0.4 is 4.74 Å². The Morgan fingerprint density at radius 1 is 1.12 bits per heavy atom. The molecule has 0 aliphatic rings. The van der Waals surface area contributed by atoms with Crippen molar-refractivity contribution in [2.75, 3.05) is 6.61 Å². The molecule has 2 aromatic carbocycles. The standard InChI is InChI=1S/C21H26O3/c1-3-4-14-24-20-12-11-18(17-8-6-5-7-9-17)15-19(20)16(2)10-13-21(22)23/h5-9,11-12,15-16H,3-4,10,13-14H2,1-2H3,(H,22,23). The molecule has 3 nitrogen and oxygen atoms in total. The molecule has 0 spiro atoms. The Kier molecular flexibility index (Phi) is 6.86. The van der Waals surface area contributed by atoms with Crippen molar-refractivity contribution in [2.24, 2.45) is 0 Å². The highest BCUT2D eigenvalue weighted by Crippen LogP contribution is 2.34. The quantitative estimate of drug-likeness (QED) is 0.619. The van der Waals surface area contributed by atoms with E-state index in [0.717, 1.165) is 35.3 Å². The molecule has 1 unspecified atom stereocenters. The predicted octanol–water partition coefficient (Wildman–Crippen LogP) is 5.50. The van der Waals surface area contributed by atoms with Crippen molar-refractivity contribution in [3.05, 3.63) is 54.1 Å². The Morgan fingerprint density at radius 3 is 2.54 bits per heavy atom. The lowest BCUT2D eigenvalue weighted by Gasteiger charge is -2.18. The summed E-state index contributed by atoms with van der Waals surface area (Å²) in [7, 11) is 0. The Morgan fingerprint density at radius 2 is 1.88 bits per heavy atom. The number of benzene rings is 2. The highest BCUT2D eigenvalue weighted by molar-refractivity contribution is 5.67. The van der Waals surface area contributed by atoms with Crippen LogP contribution in [0.4, 0.5) is 0 Å². The fraction of sp³-hybridized carbons (Fsp3) is 0.381. The maximum atomic E-state index is 10.9. The zero-order valence-corrected chi connectivity index (χ0v) is 14.5. The van der Waals surface area contributed by atoms with Crippen LogP contribution in [0.2, 0.25) is 0 Å². The molecule has 1 atom stereocenters. The van der Waals surface area contributed by atoms with Crippen molar-refractivity contribution in [2.45, 2.75) is 45.4 Å². The Bertz CT molecular complexity index is 649. The number of ether oxygens (including phenoxy) is 1. The topological polar surface area (TPSA) is 46.5 Å². The molecule has 2 rings (SSSR count). The van der Waals surface area contributed by atoms with Gasteiger partial charge in [-0.2, -0.15) is 0 Å². The van der Waals surface area contributed by atoms with Crippen molar-refractivity contribution >= 4 is 5.97 Å². The van der Waals surface area contributed by atoms with Crippen LogP contribution in [-0.4, -0.2) is 17.7 Å². The van der Waals surface area contributed by atoms with Crippen molar-refractivity contribution in [3.63, 3.8) is 0 Å². The second kappa shape index (κ2) is 9.11.